The first-order valence-electron chi connectivity index (χ1n) is 11.6. The second kappa shape index (κ2) is 9.98. The van der Waals surface area contributed by atoms with Crippen LogP contribution in [-0.4, -0.2) is 0 Å². The molecule has 0 saturated heterocycles. The Bertz CT molecular complexity index is 404. The average molecular weight is 343 g/mol. The molecule has 2 fully saturated rings. The summed E-state index contributed by atoms with van der Waals surface area (Å²) in [5, 5.41) is 0. The minimum atomic E-state index is 0.653. The van der Waals surface area contributed by atoms with Gasteiger partial charge in [0.15, 0.2) is 0 Å². The molecule has 0 radical (unpaired) electrons. The molecule has 0 aromatic rings. The van der Waals surface area contributed by atoms with Crippen LogP contribution in [0.2, 0.25) is 0 Å². The lowest BCUT2D eigenvalue weighted by molar-refractivity contribution is 0.127. The maximum absolute atomic E-state index is 3.96. The summed E-state index contributed by atoms with van der Waals surface area (Å²) in [6.45, 7) is 6.29. The molecule has 0 aromatic heterocycles. The zero-order chi connectivity index (χ0) is 17.5. The summed E-state index contributed by atoms with van der Waals surface area (Å²) in [5.41, 5.74) is 0. The fourth-order valence-corrected chi connectivity index (χ4v) is 6.13. The molecule has 3 aliphatic rings. The molecule has 0 nitrogen and oxygen atoms in total. The molecule has 0 heteroatoms. The van der Waals surface area contributed by atoms with Gasteiger partial charge < -0.3 is 0 Å². The van der Waals surface area contributed by atoms with Crippen LogP contribution in [-0.2, 0) is 0 Å². The van der Waals surface area contributed by atoms with E-state index in [0.717, 1.165) is 29.6 Å². The van der Waals surface area contributed by atoms with E-state index in [0.29, 0.717) is 5.92 Å². The molecule has 0 spiro atoms. The van der Waals surface area contributed by atoms with Crippen LogP contribution in [0, 0.1) is 35.5 Å². The van der Waals surface area contributed by atoms with Crippen molar-refractivity contribution < 1.29 is 0 Å². The molecule has 3 rings (SSSR count). The third-order valence-electron chi connectivity index (χ3n) is 7.94. The highest BCUT2D eigenvalue weighted by Gasteiger charge is 2.33. The summed E-state index contributed by atoms with van der Waals surface area (Å²) in [6.07, 6.45) is 28.0. The zero-order valence-corrected chi connectivity index (χ0v) is 16.8. The first-order chi connectivity index (χ1) is 12.3. The normalized spacial score (nSPS) is 39.2. The molecule has 0 N–H and O–H groups in total. The molecule has 0 bridgehead atoms. The van der Waals surface area contributed by atoms with Gasteiger partial charge in [0.05, 0.1) is 0 Å². The van der Waals surface area contributed by atoms with Gasteiger partial charge in [-0.1, -0.05) is 63.7 Å². The van der Waals surface area contributed by atoms with Crippen molar-refractivity contribution in [2.75, 3.05) is 0 Å². The van der Waals surface area contributed by atoms with E-state index in [1.54, 1.807) is 25.7 Å². The molecule has 2 saturated carbocycles. The lowest BCUT2D eigenvalue weighted by Gasteiger charge is -2.40. The van der Waals surface area contributed by atoms with Gasteiger partial charge in [-0.05, 0) is 86.9 Å². The Hall–Kier alpha value is -0.520. The summed E-state index contributed by atoms with van der Waals surface area (Å²) in [6, 6.07) is 0. The van der Waals surface area contributed by atoms with Gasteiger partial charge in [-0.3, -0.25) is 0 Å². The summed E-state index contributed by atoms with van der Waals surface area (Å²) in [7, 11) is 0. The van der Waals surface area contributed by atoms with E-state index >= 15 is 0 Å². The Balaban J connectivity index is 1.36. The fourth-order valence-electron chi connectivity index (χ4n) is 6.13. The van der Waals surface area contributed by atoms with Crippen molar-refractivity contribution in [2.24, 2.45) is 35.5 Å². The average Bonchev–Trinajstić information content (AvgIpc) is 2.69. The summed E-state index contributed by atoms with van der Waals surface area (Å²) < 4.78 is 0. The third kappa shape index (κ3) is 5.48. The molecule has 0 aromatic carbocycles. The van der Waals surface area contributed by atoms with Gasteiger partial charge in [0, 0.05) is 0 Å². The molecule has 0 amide bonds. The van der Waals surface area contributed by atoms with Gasteiger partial charge in [-0.15, -0.1) is 6.58 Å². The molecule has 3 aliphatic carbocycles. The smallest absolute Gasteiger partial charge is 0.00559 e. The molecule has 2 unspecified atom stereocenters. The second-order valence-electron chi connectivity index (χ2n) is 9.48. The Morgan fingerprint density at radius 2 is 1.40 bits per heavy atom. The van der Waals surface area contributed by atoms with Gasteiger partial charge in [-0.2, -0.15) is 0 Å². The largest absolute Gasteiger partial charge is 0.102 e. The van der Waals surface area contributed by atoms with Gasteiger partial charge in [0.25, 0.3) is 0 Å². The van der Waals surface area contributed by atoms with E-state index in [2.05, 4.69) is 31.7 Å². The highest BCUT2D eigenvalue weighted by Crippen LogP contribution is 2.45. The minimum absolute atomic E-state index is 0.653. The van der Waals surface area contributed by atoms with Gasteiger partial charge in [0.2, 0.25) is 0 Å². The molecular formula is C25H42. The lowest BCUT2D eigenvalue weighted by atomic mass is 9.66. The van der Waals surface area contributed by atoms with Gasteiger partial charge in [-0.25, -0.2) is 0 Å². The number of rotatable bonds is 7. The SMILES string of the molecule is C=CC1C=CC(C2CCC(C3CCC(CCCCC)CC3)CC2)CC1. The Morgan fingerprint density at radius 3 is 1.96 bits per heavy atom. The van der Waals surface area contributed by atoms with Gasteiger partial charge in [0.1, 0.15) is 0 Å². The fraction of sp³-hybridized carbons (Fsp3) is 0.840. The van der Waals surface area contributed by atoms with Crippen LogP contribution in [0.5, 0.6) is 0 Å². The monoisotopic (exact) mass is 342 g/mol. The second-order valence-corrected chi connectivity index (χ2v) is 9.48. The van der Waals surface area contributed by atoms with E-state index in [-0.39, 0.29) is 0 Å². The number of unbranched alkanes of at least 4 members (excludes halogenated alkanes) is 2. The number of allylic oxidation sites excluding steroid dienone is 3. The van der Waals surface area contributed by atoms with Crippen LogP contribution in [0.25, 0.3) is 0 Å². The molecule has 142 valence electrons. The number of hydrogen-bond donors (Lipinski definition) is 0. The van der Waals surface area contributed by atoms with Crippen LogP contribution in [0.15, 0.2) is 24.8 Å². The van der Waals surface area contributed by atoms with Crippen molar-refractivity contribution in [1.29, 1.82) is 0 Å². The van der Waals surface area contributed by atoms with Crippen LogP contribution in [0.3, 0.4) is 0 Å². The topological polar surface area (TPSA) is 0 Å². The first-order valence-corrected chi connectivity index (χ1v) is 11.6. The Kier molecular flexibility index (Phi) is 7.68. The number of hydrogen-bond acceptors (Lipinski definition) is 0. The predicted octanol–water partition coefficient (Wildman–Crippen LogP) is 7.95. The molecular weight excluding hydrogens is 300 g/mol. The van der Waals surface area contributed by atoms with Crippen LogP contribution in [0.4, 0.5) is 0 Å². The highest BCUT2D eigenvalue weighted by atomic mass is 14.4. The third-order valence-corrected chi connectivity index (χ3v) is 7.94. The quantitative estimate of drug-likeness (QED) is 0.325. The Morgan fingerprint density at radius 1 is 0.760 bits per heavy atom. The van der Waals surface area contributed by atoms with Crippen LogP contribution in [0.1, 0.15) is 96.8 Å². The van der Waals surface area contributed by atoms with E-state index < -0.39 is 0 Å². The van der Waals surface area contributed by atoms with E-state index in [9.17, 15) is 0 Å². The lowest BCUT2D eigenvalue weighted by Crippen LogP contribution is -2.28. The van der Waals surface area contributed by atoms with E-state index in [4.69, 9.17) is 0 Å². The van der Waals surface area contributed by atoms with Crippen molar-refractivity contribution in [1.82, 2.24) is 0 Å². The standard InChI is InChI=1S/C25H42/c1-3-5-6-7-21-10-14-23(15-11-21)25-18-16-24(17-19-25)22-12-8-20(4-2)9-13-22/h4,8,12,20-25H,2-3,5-7,9-11,13-19H2,1H3. The van der Waals surface area contributed by atoms with Crippen molar-refractivity contribution in [3.05, 3.63) is 24.8 Å². The van der Waals surface area contributed by atoms with Crippen molar-refractivity contribution >= 4 is 0 Å². The summed E-state index contributed by atoms with van der Waals surface area (Å²) in [5.74, 6) is 5.75. The van der Waals surface area contributed by atoms with Crippen LogP contribution >= 0.6 is 0 Å². The van der Waals surface area contributed by atoms with Crippen molar-refractivity contribution in [3.8, 4) is 0 Å². The molecule has 0 aliphatic heterocycles. The van der Waals surface area contributed by atoms with Crippen molar-refractivity contribution in [3.63, 3.8) is 0 Å². The highest BCUT2D eigenvalue weighted by molar-refractivity contribution is 5.05. The van der Waals surface area contributed by atoms with Gasteiger partial charge >= 0.3 is 0 Å². The first kappa shape index (κ1) is 19.2. The maximum Gasteiger partial charge on any atom is -0.00559 e. The van der Waals surface area contributed by atoms with E-state index in [1.165, 1.54) is 64.2 Å². The maximum atomic E-state index is 3.96. The zero-order valence-electron chi connectivity index (χ0n) is 16.8. The summed E-state index contributed by atoms with van der Waals surface area (Å²) in [4.78, 5) is 0. The molecule has 2 atom stereocenters. The Labute approximate surface area is 157 Å². The minimum Gasteiger partial charge on any atom is -0.102 e. The molecule has 0 heterocycles. The van der Waals surface area contributed by atoms with Crippen LogP contribution < -0.4 is 0 Å². The predicted molar refractivity (Wildman–Crippen MR) is 111 cm³/mol. The van der Waals surface area contributed by atoms with Crippen molar-refractivity contribution in [2.45, 2.75) is 96.8 Å². The molecule has 25 heavy (non-hydrogen) atoms. The van der Waals surface area contributed by atoms with E-state index in [1.807, 2.05) is 0 Å². The summed E-state index contributed by atoms with van der Waals surface area (Å²) >= 11 is 0.